The zero-order chi connectivity index (χ0) is 19.9. The van der Waals surface area contributed by atoms with Crippen molar-refractivity contribution in [2.75, 3.05) is 6.61 Å². The molecule has 0 fully saturated rings. The lowest BCUT2D eigenvalue weighted by Crippen LogP contribution is -2.31. The highest BCUT2D eigenvalue weighted by Crippen LogP contribution is 2.49. The van der Waals surface area contributed by atoms with Crippen molar-refractivity contribution in [1.29, 1.82) is 0 Å². The fourth-order valence-corrected chi connectivity index (χ4v) is 4.03. The number of benzene rings is 3. The standard InChI is InChI=1S/C25H24O3/c1-16(2)14-28-25(4)22-10-6-8-19-7-5-9-21(24(19)22)20-12-11-18(13-23(20)25)15-27-17(3)26/h5-13H,1,14-15H2,2-4H3. The van der Waals surface area contributed by atoms with Crippen LogP contribution in [0.25, 0.3) is 21.9 Å². The van der Waals surface area contributed by atoms with E-state index in [2.05, 4.69) is 62.0 Å². The van der Waals surface area contributed by atoms with Gasteiger partial charge in [-0.25, -0.2) is 0 Å². The van der Waals surface area contributed by atoms with Crippen LogP contribution in [0, 0.1) is 0 Å². The Morgan fingerprint density at radius 3 is 2.46 bits per heavy atom. The summed E-state index contributed by atoms with van der Waals surface area (Å²) in [7, 11) is 0. The highest BCUT2D eigenvalue weighted by atomic mass is 16.5. The van der Waals surface area contributed by atoms with Crippen LogP contribution in [0.4, 0.5) is 0 Å². The minimum atomic E-state index is -0.617. The van der Waals surface area contributed by atoms with Gasteiger partial charge in [-0.2, -0.15) is 0 Å². The zero-order valence-corrected chi connectivity index (χ0v) is 16.5. The molecule has 0 heterocycles. The highest BCUT2D eigenvalue weighted by Gasteiger charge is 2.38. The lowest BCUT2D eigenvalue weighted by Gasteiger charge is -2.38. The van der Waals surface area contributed by atoms with Gasteiger partial charge in [-0.1, -0.05) is 60.7 Å². The first kappa shape index (κ1) is 18.5. The fraction of sp³-hybridized carbons (Fsp3) is 0.240. The maximum absolute atomic E-state index is 11.2. The molecular weight excluding hydrogens is 348 g/mol. The normalized spacial score (nSPS) is 17.2. The molecule has 0 N–H and O–H groups in total. The van der Waals surface area contributed by atoms with Crippen molar-refractivity contribution < 1.29 is 14.3 Å². The van der Waals surface area contributed by atoms with Gasteiger partial charge in [-0.15, -0.1) is 0 Å². The molecular formula is C25H24O3. The third kappa shape index (κ3) is 3.02. The van der Waals surface area contributed by atoms with Crippen molar-refractivity contribution in [3.63, 3.8) is 0 Å². The predicted molar refractivity (Wildman–Crippen MR) is 112 cm³/mol. The van der Waals surface area contributed by atoms with E-state index in [1.54, 1.807) is 0 Å². The van der Waals surface area contributed by atoms with Gasteiger partial charge in [-0.05, 0) is 58.5 Å². The van der Waals surface area contributed by atoms with Crippen LogP contribution in [0.2, 0.25) is 0 Å². The second-order valence-electron chi connectivity index (χ2n) is 7.65. The number of hydrogen-bond donors (Lipinski definition) is 0. The van der Waals surface area contributed by atoms with E-state index < -0.39 is 5.60 Å². The number of fused-ring (bicyclic) bond motifs is 2. The van der Waals surface area contributed by atoms with Gasteiger partial charge in [0.15, 0.2) is 0 Å². The van der Waals surface area contributed by atoms with Crippen molar-refractivity contribution in [2.45, 2.75) is 33.0 Å². The third-order valence-electron chi connectivity index (χ3n) is 5.36. The average molecular weight is 372 g/mol. The first-order valence-electron chi connectivity index (χ1n) is 9.48. The van der Waals surface area contributed by atoms with Crippen LogP contribution in [0.15, 0.2) is 66.7 Å². The van der Waals surface area contributed by atoms with Crippen molar-refractivity contribution >= 4 is 16.7 Å². The van der Waals surface area contributed by atoms with Crippen molar-refractivity contribution in [3.8, 4) is 11.1 Å². The summed E-state index contributed by atoms with van der Waals surface area (Å²) in [6.07, 6.45) is 0. The summed E-state index contributed by atoms with van der Waals surface area (Å²) < 4.78 is 11.7. The molecule has 0 bridgehead atoms. The summed E-state index contributed by atoms with van der Waals surface area (Å²) in [5.74, 6) is -0.283. The van der Waals surface area contributed by atoms with Crippen LogP contribution in [-0.2, 0) is 26.5 Å². The minimum Gasteiger partial charge on any atom is -0.461 e. The first-order valence-corrected chi connectivity index (χ1v) is 9.48. The Morgan fingerprint density at radius 1 is 1.00 bits per heavy atom. The average Bonchev–Trinajstić information content (AvgIpc) is 2.69. The molecule has 3 nitrogen and oxygen atoms in total. The van der Waals surface area contributed by atoms with Gasteiger partial charge in [0.1, 0.15) is 12.2 Å². The Balaban J connectivity index is 1.95. The van der Waals surface area contributed by atoms with Crippen molar-refractivity contribution in [2.24, 2.45) is 0 Å². The Morgan fingerprint density at radius 2 is 1.75 bits per heavy atom. The molecule has 3 aromatic rings. The second kappa shape index (κ2) is 6.92. The molecule has 0 saturated carbocycles. The Kier molecular flexibility index (Phi) is 4.56. The van der Waals surface area contributed by atoms with E-state index in [-0.39, 0.29) is 12.6 Å². The molecule has 142 valence electrons. The molecule has 3 heteroatoms. The largest absolute Gasteiger partial charge is 0.461 e. The lowest BCUT2D eigenvalue weighted by atomic mass is 9.74. The van der Waals surface area contributed by atoms with Gasteiger partial charge in [0.05, 0.1) is 6.61 Å². The highest BCUT2D eigenvalue weighted by molar-refractivity contribution is 6.03. The van der Waals surface area contributed by atoms with E-state index in [9.17, 15) is 4.79 Å². The van der Waals surface area contributed by atoms with E-state index in [0.717, 1.165) is 27.8 Å². The summed E-state index contributed by atoms with van der Waals surface area (Å²) in [5.41, 5.74) is 5.91. The quantitative estimate of drug-likeness (QED) is 0.423. The molecule has 0 aromatic heterocycles. The van der Waals surface area contributed by atoms with Crippen LogP contribution < -0.4 is 0 Å². The van der Waals surface area contributed by atoms with Gasteiger partial charge in [0, 0.05) is 6.92 Å². The van der Waals surface area contributed by atoms with Crippen LogP contribution in [0.1, 0.15) is 37.5 Å². The minimum absolute atomic E-state index is 0.255. The molecule has 0 saturated heterocycles. The summed E-state index contributed by atoms with van der Waals surface area (Å²) >= 11 is 0. The number of esters is 1. The Hall–Kier alpha value is -2.91. The van der Waals surface area contributed by atoms with E-state index in [1.807, 2.05) is 13.0 Å². The summed E-state index contributed by atoms with van der Waals surface area (Å²) in [4.78, 5) is 11.2. The lowest BCUT2D eigenvalue weighted by molar-refractivity contribution is -0.142. The number of hydrogen-bond acceptors (Lipinski definition) is 3. The second-order valence-corrected chi connectivity index (χ2v) is 7.65. The van der Waals surface area contributed by atoms with Crippen LogP contribution in [0.5, 0.6) is 0 Å². The van der Waals surface area contributed by atoms with Crippen LogP contribution >= 0.6 is 0 Å². The van der Waals surface area contributed by atoms with E-state index in [4.69, 9.17) is 9.47 Å². The smallest absolute Gasteiger partial charge is 0.302 e. The maximum Gasteiger partial charge on any atom is 0.302 e. The van der Waals surface area contributed by atoms with Gasteiger partial charge in [0.25, 0.3) is 0 Å². The monoisotopic (exact) mass is 372 g/mol. The van der Waals surface area contributed by atoms with Crippen molar-refractivity contribution in [3.05, 3.63) is 83.4 Å². The third-order valence-corrected chi connectivity index (χ3v) is 5.36. The molecule has 1 aliphatic carbocycles. The Labute approximate surface area is 165 Å². The molecule has 3 aromatic carbocycles. The van der Waals surface area contributed by atoms with Crippen LogP contribution in [0.3, 0.4) is 0 Å². The molecule has 28 heavy (non-hydrogen) atoms. The molecule has 0 aliphatic heterocycles. The van der Waals surface area contributed by atoms with E-state index >= 15 is 0 Å². The summed E-state index contributed by atoms with van der Waals surface area (Å²) in [6, 6.07) is 19.0. The van der Waals surface area contributed by atoms with Gasteiger partial charge in [-0.3, -0.25) is 4.79 Å². The fourth-order valence-electron chi connectivity index (χ4n) is 4.03. The summed E-state index contributed by atoms with van der Waals surface area (Å²) in [5, 5.41) is 2.43. The summed E-state index contributed by atoms with van der Waals surface area (Å²) in [6.45, 7) is 10.3. The Bertz CT molecular complexity index is 1090. The van der Waals surface area contributed by atoms with Crippen LogP contribution in [-0.4, -0.2) is 12.6 Å². The maximum atomic E-state index is 11.2. The molecule has 0 amide bonds. The topological polar surface area (TPSA) is 35.5 Å². The molecule has 4 rings (SSSR count). The zero-order valence-electron chi connectivity index (χ0n) is 16.5. The number of ether oxygens (including phenoxy) is 2. The molecule has 0 spiro atoms. The first-order chi connectivity index (χ1) is 13.4. The van der Waals surface area contributed by atoms with Gasteiger partial charge < -0.3 is 9.47 Å². The predicted octanol–water partition coefficient (Wildman–Crippen LogP) is 5.74. The van der Waals surface area contributed by atoms with E-state index in [0.29, 0.717) is 6.61 Å². The number of carbonyl (C=O) groups excluding carboxylic acids is 1. The van der Waals surface area contributed by atoms with Gasteiger partial charge >= 0.3 is 5.97 Å². The van der Waals surface area contributed by atoms with Crippen molar-refractivity contribution in [1.82, 2.24) is 0 Å². The molecule has 1 unspecified atom stereocenters. The molecule has 0 radical (unpaired) electrons. The SMILES string of the molecule is C=C(C)COC1(C)c2cc(COC(C)=O)ccc2-c2cccc3cccc1c23. The van der Waals surface area contributed by atoms with E-state index in [1.165, 1.54) is 23.3 Å². The molecule has 1 atom stereocenters. The van der Waals surface area contributed by atoms with Gasteiger partial charge in [0.2, 0.25) is 0 Å². The molecule has 1 aliphatic rings. The number of carbonyl (C=O) groups is 1. The number of rotatable bonds is 5.